The van der Waals surface area contributed by atoms with Crippen LogP contribution in [0.15, 0.2) is 54.6 Å². The van der Waals surface area contributed by atoms with Gasteiger partial charge in [-0.3, -0.25) is 9.69 Å². The van der Waals surface area contributed by atoms with E-state index in [0.717, 1.165) is 43.6 Å². The molecule has 27 heavy (non-hydrogen) atoms. The van der Waals surface area contributed by atoms with Gasteiger partial charge in [0, 0.05) is 37.8 Å². The monoisotopic (exact) mass is 361 g/mol. The lowest BCUT2D eigenvalue weighted by atomic mass is 9.99. The largest absolute Gasteiger partial charge is 0.335 e. The molecular formula is C23H27N3O. The number of piperidine rings is 1. The number of carbonyl (C=O) groups is 1. The van der Waals surface area contributed by atoms with Gasteiger partial charge in [0.1, 0.15) is 0 Å². The highest BCUT2D eigenvalue weighted by molar-refractivity contribution is 5.95. The minimum atomic E-state index is 0.0601. The minimum absolute atomic E-state index is 0.0601. The molecule has 1 aliphatic heterocycles. The summed E-state index contributed by atoms with van der Waals surface area (Å²) in [5.41, 5.74) is 3.07. The number of likely N-dealkylation sites (tertiary alicyclic amines) is 1. The van der Waals surface area contributed by atoms with Gasteiger partial charge >= 0.3 is 0 Å². The Morgan fingerprint density at radius 2 is 1.78 bits per heavy atom. The smallest absolute Gasteiger partial charge is 0.254 e. The summed E-state index contributed by atoms with van der Waals surface area (Å²) >= 11 is 0. The Hall–Kier alpha value is -2.64. The first-order valence-electron chi connectivity index (χ1n) is 9.69. The number of aryl methyl sites for hydroxylation is 1. The molecule has 0 N–H and O–H groups in total. The van der Waals surface area contributed by atoms with Crippen molar-refractivity contribution < 1.29 is 4.79 Å². The molecular weight excluding hydrogens is 334 g/mol. The van der Waals surface area contributed by atoms with Crippen LogP contribution in [-0.4, -0.2) is 41.4 Å². The molecule has 0 saturated carbocycles. The molecule has 0 radical (unpaired) electrons. The summed E-state index contributed by atoms with van der Waals surface area (Å²) in [6.45, 7) is 5.38. The zero-order valence-corrected chi connectivity index (χ0v) is 16.0. The molecule has 4 heteroatoms. The molecule has 1 fully saturated rings. The van der Waals surface area contributed by atoms with E-state index in [1.165, 1.54) is 5.56 Å². The van der Waals surface area contributed by atoms with Crippen LogP contribution in [0.1, 0.15) is 40.7 Å². The minimum Gasteiger partial charge on any atom is -0.335 e. The number of nitrogens with zero attached hydrogens (tertiary/aromatic N) is 3. The zero-order valence-electron chi connectivity index (χ0n) is 16.0. The van der Waals surface area contributed by atoms with Crippen molar-refractivity contribution in [1.29, 1.82) is 5.26 Å². The van der Waals surface area contributed by atoms with E-state index >= 15 is 0 Å². The second kappa shape index (κ2) is 9.34. The molecule has 0 atom stereocenters. The highest BCUT2D eigenvalue weighted by Crippen LogP contribution is 2.22. The maximum Gasteiger partial charge on any atom is 0.254 e. The maximum absolute atomic E-state index is 13.1. The fourth-order valence-corrected chi connectivity index (χ4v) is 3.82. The van der Waals surface area contributed by atoms with Gasteiger partial charge in [0.15, 0.2) is 0 Å². The lowest BCUT2D eigenvalue weighted by Crippen LogP contribution is -2.47. The molecule has 140 valence electrons. The van der Waals surface area contributed by atoms with E-state index in [0.29, 0.717) is 13.0 Å². The number of nitriles is 1. The lowest BCUT2D eigenvalue weighted by molar-refractivity contribution is 0.0571. The summed E-state index contributed by atoms with van der Waals surface area (Å²) in [6, 6.07) is 20.6. The normalized spacial score (nSPS) is 15.3. The first-order valence-corrected chi connectivity index (χ1v) is 9.69. The van der Waals surface area contributed by atoms with Crippen LogP contribution < -0.4 is 0 Å². The highest BCUT2D eigenvalue weighted by atomic mass is 16.2. The molecule has 1 aliphatic rings. The fourth-order valence-electron chi connectivity index (χ4n) is 3.82. The average Bonchev–Trinajstić information content (AvgIpc) is 2.70. The molecule has 0 spiro atoms. The Morgan fingerprint density at radius 1 is 1.11 bits per heavy atom. The average molecular weight is 361 g/mol. The van der Waals surface area contributed by atoms with Crippen molar-refractivity contribution >= 4 is 5.91 Å². The van der Waals surface area contributed by atoms with Gasteiger partial charge in [0.05, 0.1) is 12.5 Å². The summed E-state index contributed by atoms with van der Waals surface area (Å²) in [4.78, 5) is 17.5. The third-order valence-corrected chi connectivity index (χ3v) is 5.35. The second-order valence-corrected chi connectivity index (χ2v) is 7.21. The van der Waals surface area contributed by atoms with Crippen LogP contribution in [0.3, 0.4) is 0 Å². The van der Waals surface area contributed by atoms with Crippen LogP contribution in [0, 0.1) is 18.3 Å². The SMILES string of the molecule is Cc1ccccc1C(=O)N(CCC#N)C1CCN(Cc2ccccc2)CC1. The molecule has 1 saturated heterocycles. The summed E-state index contributed by atoms with van der Waals surface area (Å²) in [7, 11) is 0. The summed E-state index contributed by atoms with van der Waals surface area (Å²) < 4.78 is 0. The number of hydrogen-bond acceptors (Lipinski definition) is 3. The van der Waals surface area contributed by atoms with Crippen molar-refractivity contribution in [2.75, 3.05) is 19.6 Å². The third kappa shape index (κ3) is 4.96. The Kier molecular flexibility index (Phi) is 6.62. The van der Waals surface area contributed by atoms with Crippen LogP contribution in [0.4, 0.5) is 0 Å². The number of benzene rings is 2. The van der Waals surface area contributed by atoms with Gasteiger partial charge in [-0.1, -0.05) is 48.5 Å². The summed E-state index contributed by atoms with van der Waals surface area (Å²) in [6.07, 6.45) is 2.29. The van der Waals surface area contributed by atoms with Gasteiger partial charge < -0.3 is 4.90 Å². The number of amides is 1. The molecule has 2 aromatic rings. The lowest BCUT2D eigenvalue weighted by Gasteiger charge is -2.38. The van der Waals surface area contributed by atoms with Crippen molar-refractivity contribution in [3.63, 3.8) is 0 Å². The number of rotatable bonds is 6. The molecule has 0 unspecified atom stereocenters. The van der Waals surface area contributed by atoms with Gasteiger partial charge in [-0.15, -0.1) is 0 Å². The van der Waals surface area contributed by atoms with E-state index in [2.05, 4.69) is 35.2 Å². The first-order chi connectivity index (χ1) is 13.2. The molecule has 4 nitrogen and oxygen atoms in total. The molecule has 0 aromatic heterocycles. The van der Waals surface area contributed by atoms with Gasteiger partial charge in [-0.2, -0.15) is 5.26 Å². The standard InChI is InChI=1S/C23H27N3O/c1-19-8-5-6-11-22(19)23(27)26(15-7-14-24)21-12-16-25(17-13-21)18-20-9-3-2-4-10-20/h2-6,8-11,21H,7,12-13,15-18H2,1H3. The van der Waals surface area contributed by atoms with E-state index in [1.807, 2.05) is 42.2 Å². The van der Waals surface area contributed by atoms with E-state index in [9.17, 15) is 4.79 Å². The van der Waals surface area contributed by atoms with Crippen LogP contribution in [0.5, 0.6) is 0 Å². The first kappa shape index (κ1) is 19.1. The van der Waals surface area contributed by atoms with E-state index in [-0.39, 0.29) is 11.9 Å². The Labute approximate surface area is 162 Å². The van der Waals surface area contributed by atoms with Crippen LogP contribution in [0.25, 0.3) is 0 Å². The highest BCUT2D eigenvalue weighted by Gasteiger charge is 2.28. The summed E-state index contributed by atoms with van der Waals surface area (Å²) in [5.74, 6) is 0.0601. The van der Waals surface area contributed by atoms with E-state index in [1.54, 1.807) is 0 Å². The number of hydrogen-bond donors (Lipinski definition) is 0. The molecule has 0 bridgehead atoms. The Balaban J connectivity index is 1.65. The fraction of sp³-hybridized carbons (Fsp3) is 0.391. The van der Waals surface area contributed by atoms with Gasteiger partial charge in [-0.25, -0.2) is 0 Å². The van der Waals surface area contributed by atoms with E-state index < -0.39 is 0 Å². The maximum atomic E-state index is 13.1. The van der Waals surface area contributed by atoms with Crippen molar-refractivity contribution in [2.24, 2.45) is 0 Å². The van der Waals surface area contributed by atoms with Crippen molar-refractivity contribution in [3.8, 4) is 6.07 Å². The van der Waals surface area contributed by atoms with Crippen molar-refractivity contribution in [3.05, 3.63) is 71.3 Å². The van der Waals surface area contributed by atoms with Crippen LogP contribution >= 0.6 is 0 Å². The molecule has 2 aromatic carbocycles. The van der Waals surface area contributed by atoms with Crippen molar-refractivity contribution in [1.82, 2.24) is 9.80 Å². The topological polar surface area (TPSA) is 47.3 Å². The number of carbonyl (C=O) groups excluding carboxylic acids is 1. The summed E-state index contributed by atoms with van der Waals surface area (Å²) in [5, 5.41) is 9.03. The van der Waals surface area contributed by atoms with Gasteiger partial charge in [0.25, 0.3) is 5.91 Å². The molecule has 1 heterocycles. The zero-order chi connectivity index (χ0) is 19.1. The second-order valence-electron chi connectivity index (χ2n) is 7.21. The molecule has 3 rings (SSSR count). The van der Waals surface area contributed by atoms with Gasteiger partial charge in [0.2, 0.25) is 0 Å². The van der Waals surface area contributed by atoms with Crippen LogP contribution in [0.2, 0.25) is 0 Å². The van der Waals surface area contributed by atoms with Crippen molar-refractivity contribution in [2.45, 2.75) is 38.8 Å². The third-order valence-electron chi connectivity index (χ3n) is 5.35. The quantitative estimate of drug-likeness (QED) is 0.781. The molecule has 0 aliphatic carbocycles. The van der Waals surface area contributed by atoms with Gasteiger partial charge in [-0.05, 0) is 37.0 Å². The Bertz CT molecular complexity index is 789. The predicted octanol–water partition coefficient (Wildman–Crippen LogP) is 4.02. The predicted molar refractivity (Wildman–Crippen MR) is 107 cm³/mol. The Morgan fingerprint density at radius 3 is 2.44 bits per heavy atom. The molecule has 1 amide bonds. The van der Waals surface area contributed by atoms with Crippen LogP contribution in [-0.2, 0) is 6.54 Å². The van der Waals surface area contributed by atoms with E-state index in [4.69, 9.17) is 5.26 Å².